The summed E-state index contributed by atoms with van der Waals surface area (Å²) in [6.07, 6.45) is 0. The van der Waals surface area contributed by atoms with E-state index in [-0.39, 0.29) is 11.9 Å². The summed E-state index contributed by atoms with van der Waals surface area (Å²) in [5, 5.41) is 14.7. The lowest BCUT2D eigenvalue weighted by Crippen LogP contribution is -2.37. The third-order valence-corrected chi connectivity index (χ3v) is 5.41. The van der Waals surface area contributed by atoms with Gasteiger partial charge in [0.2, 0.25) is 5.91 Å². The quantitative estimate of drug-likeness (QED) is 0.651. The van der Waals surface area contributed by atoms with Gasteiger partial charge >= 0.3 is 0 Å². The SMILES string of the molecule is CC(C)[C@H](C)NC(=O)CSc1nnc(-c2ccccc2)c2ccccc12. The van der Waals surface area contributed by atoms with Crippen LogP contribution in [0.5, 0.6) is 0 Å². The second-order valence-electron chi connectivity index (χ2n) is 6.65. The van der Waals surface area contributed by atoms with E-state index in [2.05, 4.69) is 35.4 Å². The molecule has 1 N–H and O–H groups in total. The molecule has 26 heavy (non-hydrogen) atoms. The van der Waals surface area contributed by atoms with Gasteiger partial charge in [0, 0.05) is 22.4 Å². The zero-order chi connectivity index (χ0) is 18.5. The molecule has 0 saturated heterocycles. The smallest absolute Gasteiger partial charge is 0.230 e. The lowest BCUT2D eigenvalue weighted by Gasteiger charge is -2.17. The molecule has 0 aliphatic heterocycles. The van der Waals surface area contributed by atoms with Gasteiger partial charge in [0.1, 0.15) is 10.7 Å². The first-order valence-corrected chi connectivity index (χ1v) is 9.78. The summed E-state index contributed by atoms with van der Waals surface area (Å²) in [5.74, 6) is 0.768. The van der Waals surface area contributed by atoms with Crippen molar-refractivity contribution in [1.29, 1.82) is 0 Å². The minimum atomic E-state index is 0.0224. The van der Waals surface area contributed by atoms with Crippen LogP contribution in [-0.4, -0.2) is 27.9 Å². The van der Waals surface area contributed by atoms with Gasteiger partial charge < -0.3 is 5.32 Å². The number of amides is 1. The predicted molar refractivity (Wildman–Crippen MR) is 108 cm³/mol. The molecule has 3 aromatic rings. The zero-order valence-electron chi connectivity index (χ0n) is 15.3. The van der Waals surface area contributed by atoms with Crippen LogP contribution in [0, 0.1) is 5.92 Å². The maximum absolute atomic E-state index is 12.2. The van der Waals surface area contributed by atoms with Crippen molar-refractivity contribution in [1.82, 2.24) is 15.5 Å². The number of hydrogen-bond donors (Lipinski definition) is 1. The monoisotopic (exact) mass is 365 g/mol. The molecule has 134 valence electrons. The molecule has 0 saturated carbocycles. The van der Waals surface area contributed by atoms with Crippen molar-refractivity contribution in [3.63, 3.8) is 0 Å². The van der Waals surface area contributed by atoms with E-state index in [4.69, 9.17) is 0 Å². The molecule has 0 spiro atoms. The van der Waals surface area contributed by atoms with Gasteiger partial charge in [-0.3, -0.25) is 4.79 Å². The van der Waals surface area contributed by atoms with Crippen LogP contribution in [0.25, 0.3) is 22.0 Å². The molecule has 0 aliphatic carbocycles. The number of carbonyl (C=O) groups excluding carboxylic acids is 1. The van der Waals surface area contributed by atoms with Gasteiger partial charge in [-0.25, -0.2) is 0 Å². The van der Waals surface area contributed by atoms with Crippen LogP contribution < -0.4 is 5.32 Å². The zero-order valence-corrected chi connectivity index (χ0v) is 16.1. The summed E-state index contributed by atoms with van der Waals surface area (Å²) in [6.45, 7) is 6.22. The maximum atomic E-state index is 12.2. The lowest BCUT2D eigenvalue weighted by atomic mass is 10.1. The average molecular weight is 366 g/mol. The van der Waals surface area contributed by atoms with Crippen LogP contribution in [-0.2, 0) is 4.79 Å². The van der Waals surface area contributed by atoms with Gasteiger partial charge in [-0.15, -0.1) is 10.2 Å². The highest BCUT2D eigenvalue weighted by molar-refractivity contribution is 8.00. The maximum Gasteiger partial charge on any atom is 0.230 e. The van der Waals surface area contributed by atoms with Gasteiger partial charge in [-0.2, -0.15) is 0 Å². The molecular weight excluding hydrogens is 342 g/mol. The third-order valence-electron chi connectivity index (χ3n) is 4.43. The summed E-state index contributed by atoms with van der Waals surface area (Å²) in [5.41, 5.74) is 1.90. The molecule has 0 bridgehead atoms. The summed E-state index contributed by atoms with van der Waals surface area (Å²) in [7, 11) is 0. The number of aromatic nitrogens is 2. The standard InChI is InChI=1S/C21H23N3OS/c1-14(2)15(3)22-19(25)13-26-21-18-12-8-7-11-17(18)20(23-24-21)16-9-5-4-6-10-16/h4-12,14-15H,13H2,1-3H3,(H,22,25)/t15-/m0/s1. The Balaban J connectivity index is 1.84. The van der Waals surface area contributed by atoms with E-state index in [9.17, 15) is 4.79 Å². The Hall–Kier alpha value is -2.40. The fraction of sp³-hybridized carbons (Fsp3) is 0.286. The van der Waals surface area contributed by atoms with E-state index in [0.717, 1.165) is 27.1 Å². The van der Waals surface area contributed by atoms with Crippen molar-refractivity contribution >= 4 is 28.4 Å². The summed E-state index contributed by atoms with van der Waals surface area (Å²) >= 11 is 1.43. The Kier molecular flexibility index (Phi) is 5.89. The predicted octanol–water partition coefficient (Wildman–Crippen LogP) is 4.55. The molecular formula is C21H23N3OS. The summed E-state index contributed by atoms with van der Waals surface area (Å²) < 4.78 is 0. The normalized spacial score (nSPS) is 12.3. The molecule has 1 atom stereocenters. The Labute approximate surface area is 158 Å². The fourth-order valence-corrected chi connectivity index (χ4v) is 3.37. The number of nitrogens with zero attached hydrogens (tertiary/aromatic N) is 2. The highest BCUT2D eigenvalue weighted by atomic mass is 32.2. The van der Waals surface area contributed by atoms with Gasteiger partial charge in [0.15, 0.2) is 0 Å². The van der Waals surface area contributed by atoms with Crippen LogP contribution in [0.4, 0.5) is 0 Å². The molecule has 0 fully saturated rings. The van der Waals surface area contributed by atoms with E-state index >= 15 is 0 Å². The molecule has 1 heterocycles. The number of rotatable bonds is 6. The lowest BCUT2D eigenvalue weighted by molar-refractivity contribution is -0.119. The second kappa shape index (κ2) is 8.32. The van der Waals surface area contributed by atoms with Crippen LogP contribution in [0.3, 0.4) is 0 Å². The van der Waals surface area contributed by atoms with E-state index in [1.807, 2.05) is 55.5 Å². The summed E-state index contributed by atoms with van der Waals surface area (Å²) in [6, 6.07) is 18.3. The van der Waals surface area contributed by atoms with E-state index in [1.54, 1.807) is 0 Å². The number of carbonyl (C=O) groups is 1. The topological polar surface area (TPSA) is 54.9 Å². The second-order valence-corrected chi connectivity index (χ2v) is 7.62. The number of thioether (sulfide) groups is 1. The molecule has 0 radical (unpaired) electrons. The van der Waals surface area contributed by atoms with Crippen molar-refractivity contribution < 1.29 is 4.79 Å². The molecule has 5 heteroatoms. The number of fused-ring (bicyclic) bond motifs is 1. The molecule has 1 amide bonds. The van der Waals surface area contributed by atoms with E-state index in [1.165, 1.54) is 11.8 Å². The average Bonchev–Trinajstić information content (AvgIpc) is 2.66. The van der Waals surface area contributed by atoms with Crippen molar-refractivity contribution in [3.8, 4) is 11.3 Å². The molecule has 2 aromatic carbocycles. The van der Waals surface area contributed by atoms with Gasteiger partial charge in [-0.05, 0) is 12.8 Å². The number of benzene rings is 2. The Morgan fingerprint density at radius 1 is 0.962 bits per heavy atom. The van der Waals surface area contributed by atoms with Crippen molar-refractivity contribution in [2.45, 2.75) is 31.8 Å². The fourth-order valence-electron chi connectivity index (χ4n) is 2.59. The first kappa shape index (κ1) is 18.4. The van der Waals surface area contributed by atoms with Crippen molar-refractivity contribution in [3.05, 3.63) is 54.6 Å². The Morgan fingerprint density at radius 2 is 1.62 bits per heavy atom. The molecule has 0 unspecified atom stereocenters. The summed E-state index contributed by atoms with van der Waals surface area (Å²) in [4.78, 5) is 12.2. The van der Waals surface area contributed by atoms with E-state index in [0.29, 0.717) is 11.7 Å². The largest absolute Gasteiger partial charge is 0.353 e. The molecule has 0 aliphatic rings. The Bertz CT molecular complexity index is 896. The molecule has 1 aromatic heterocycles. The van der Waals surface area contributed by atoms with Gasteiger partial charge in [0.25, 0.3) is 0 Å². The first-order chi connectivity index (χ1) is 12.6. The van der Waals surface area contributed by atoms with Crippen LogP contribution in [0.1, 0.15) is 20.8 Å². The number of nitrogens with one attached hydrogen (secondary N) is 1. The van der Waals surface area contributed by atoms with Crippen molar-refractivity contribution in [2.75, 3.05) is 5.75 Å². The molecule has 4 nitrogen and oxygen atoms in total. The first-order valence-electron chi connectivity index (χ1n) is 8.79. The highest BCUT2D eigenvalue weighted by Gasteiger charge is 2.14. The Morgan fingerprint density at radius 3 is 2.31 bits per heavy atom. The van der Waals surface area contributed by atoms with Crippen molar-refractivity contribution in [2.24, 2.45) is 5.92 Å². The van der Waals surface area contributed by atoms with Crippen LogP contribution >= 0.6 is 11.8 Å². The minimum Gasteiger partial charge on any atom is -0.353 e. The van der Waals surface area contributed by atoms with Gasteiger partial charge in [0.05, 0.1) is 5.75 Å². The van der Waals surface area contributed by atoms with Crippen LogP contribution in [0.2, 0.25) is 0 Å². The third kappa shape index (κ3) is 4.22. The van der Waals surface area contributed by atoms with E-state index < -0.39 is 0 Å². The number of hydrogen-bond acceptors (Lipinski definition) is 4. The van der Waals surface area contributed by atoms with Gasteiger partial charge in [-0.1, -0.05) is 80.2 Å². The molecule has 3 rings (SSSR count). The van der Waals surface area contributed by atoms with Crippen LogP contribution in [0.15, 0.2) is 59.6 Å². The highest BCUT2D eigenvalue weighted by Crippen LogP contribution is 2.31. The minimum absolute atomic E-state index is 0.0224.